The molecule has 0 heterocycles. The average Bonchev–Trinajstić information content (AvgIpc) is 1.83. The van der Waals surface area contributed by atoms with Crippen molar-refractivity contribution in [2.45, 2.75) is 27.7 Å². The Balaban J connectivity index is -0.000000135. The molecule has 0 atom stereocenters. The molecule has 0 aromatic carbocycles. The van der Waals surface area contributed by atoms with Crippen LogP contribution in [0.2, 0.25) is 0 Å². The third-order valence-corrected chi connectivity index (χ3v) is 0.421. The van der Waals surface area contributed by atoms with Crippen molar-refractivity contribution in [3.05, 3.63) is 12.2 Å². The maximum atomic E-state index is 9.82. The summed E-state index contributed by atoms with van der Waals surface area (Å²) in [7, 11) is -2.87. The predicted octanol–water partition coefficient (Wildman–Crippen LogP) is 1.34. The van der Waals surface area contributed by atoms with Crippen molar-refractivity contribution in [1.82, 2.24) is 0 Å². The number of carbonyl (C=O) groups is 1. The summed E-state index contributed by atoms with van der Waals surface area (Å²) < 4.78 is 8.70. The van der Waals surface area contributed by atoms with Crippen LogP contribution in [-0.4, -0.2) is 15.7 Å². The quantitative estimate of drug-likeness (QED) is 0.462. The van der Waals surface area contributed by atoms with Crippen molar-refractivity contribution >= 4 is 14.2 Å². The van der Waals surface area contributed by atoms with Gasteiger partial charge in [-0.25, -0.2) is 0 Å². The second-order valence-electron chi connectivity index (χ2n) is 3.13. The number of hydrogen-bond donors (Lipinski definition) is 3. The van der Waals surface area contributed by atoms with Gasteiger partial charge in [0, 0.05) is 10.1 Å². The molecule has 0 rings (SSSR count). The van der Waals surface area contributed by atoms with Crippen molar-refractivity contribution in [2.75, 3.05) is 0 Å². The highest BCUT2D eigenvalue weighted by atomic mass is 31.1. The number of amides is 1. The number of hydrogen-bond acceptors (Lipinski definition) is 2. The second kappa shape index (κ2) is 12.2. The van der Waals surface area contributed by atoms with Crippen molar-refractivity contribution in [3.63, 3.8) is 0 Å². The van der Waals surface area contributed by atoms with E-state index in [1.807, 2.05) is 0 Å². The van der Waals surface area contributed by atoms with Crippen LogP contribution in [0.3, 0.4) is 0 Å². The van der Waals surface area contributed by atoms with Crippen LogP contribution in [-0.2, 0) is 9.36 Å². The smallest absolute Gasteiger partial charge is 0.366 e. The summed E-state index contributed by atoms with van der Waals surface area (Å²) in [6.45, 7) is 11.4. The molecule has 0 aromatic heterocycles. The Kier molecular flexibility index (Phi) is 16.5. The summed E-state index contributed by atoms with van der Waals surface area (Å²) in [4.78, 5) is 24.1. The van der Waals surface area contributed by atoms with Gasteiger partial charge < -0.3 is 5.73 Å². The maximum absolute atomic E-state index is 9.82. The van der Waals surface area contributed by atoms with E-state index in [0.29, 0.717) is 5.57 Å². The molecular weight excluding hydrogens is 205 g/mol. The van der Waals surface area contributed by atoms with Crippen LogP contribution in [0.5, 0.6) is 0 Å². The predicted molar refractivity (Wildman–Crippen MR) is 56.6 cm³/mol. The summed E-state index contributed by atoms with van der Waals surface area (Å²) >= 11 is 0. The standard InChI is InChI=1S/C4H7NO.C4H10.HO3P/c1-3(2)4(5)6;2*1-4(2)3/h1H2,2H3,(H2,5,6);4H,1-3H3;(H-,1,2,3)/p+1. The highest BCUT2D eigenvalue weighted by Gasteiger charge is 1.93. The van der Waals surface area contributed by atoms with Gasteiger partial charge in [-0.15, -0.1) is 9.79 Å². The molecule has 1 amide bonds. The first-order chi connectivity index (χ1) is 6.11. The van der Waals surface area contributed by atoms with Gasteiger partial charge in [0.1, 0.15) is 0 Å². The molecule has 0 aliphatic carbocycles. The zero-order valence-corrected chi connectivity index (χ0v) is 9.91. The zero-order valence-electron chi connectivity index (χ0n) is 9.02. The van der Waals surface area contributed by atoms with Crippen LogP contribution < -0.4 is 5.73 Å². The van der Waals surface area contributed by atoms with Crippen LogP contribution in [0, 0.1) is 5.92 Å². The largest absolute Gasteiger partial charge is 0.692 e. The molecule has 0 fully saturated rings. The molecule has 0 unspecified atom stereocenters. The minimum atomic E-state index is -2.87. The van der Waals surface area contributed by atoms with Crippen molar-refractivity contribution in [3.8, 4) is 0 Å². The number of primary amides is 1. The fraction of sp³-hybridized carbons (Fsp3) is 0.625. The van der Waals surface area contributed by atoms with E-state index in [2.05, 4.69) is 27.4 Å². The molecule has 84 valence electrons. The van der Waals surface area contributed by atoms with Crippen LogP contribution in [0.4, 0.5) is 0 Å². The van der Waals surface area contributed by atoms with Crippen LogP contribution in [0.15, 0.2) is 12.2 Å². The van der Waals surface area contributed by atoms with Crippen LogP contribution >= 0.6 is 8.25 Å². The van der Waals surface area contributed by atoms with Crippen molar-refractivity contribution in [2.24, 2.45) is 11.7 Å². The number of nitrogens with two attached hydrogens (primary N) is 1. The summed E-state index contributed by atoms with van der Waals surface area (Å²) in [5.74, 6) is 0.398. The van der Waals surface area contributed by atoms with E-state index in [1.165, 1.54) is 0 Å². The van der Waals surface area contributed by atoms with Gasteiger partial charge in [0.05, 0.1) is 0 Å². The lowest BCUT2D eigenvalue weighted by atomic mass is 10.3. The Bertz CT molecular complexity index is 173. The number of rotatable bonds is 1. The summed E-state index contributed by atoms with van der Waals surface area (Å²) in [5.41, 5.74) is 5.09. The Morgan fingerprint density at radius 2 is 1.43 bits per heavy atom. The molecule has 0 saturated heterocycles. The second-order valence-corrected chi connectivity index (χ2v) is 3.63. The van der Waals surface area contributed by atoms with Gasteiger partial charge in [-0.05, 0) is 12.8 Å². The Morgan fingerprint density at radius 1 is 1.36 bits per heavy atom. The van der Waals surface area contributed by atoms with E-state index in [4.69, 9.17) is 20.1 Å². The molecule has 0 aliphatic rings. The summed E-state index contributed by atoms with van der Waals surface area (Å²) in [6.07, 6.45) is 0. The first-order valence-electron chi connectivity index (χ1n) is 3.91. The molecule has 4 N–H and O–H groups in total. The third-order valence-electron chi connectivity index (χ3n) is 0.421. The lowest BCUT2D eigenvalue weighted by Gasteiger charge is -1.81. The minimum absolute atomic E-state index is 0.398. The molecule has 5 nitrogen and oxygen atoms in total. The van der Waals surface area contributed by atoms with Crippen LogP contribution in [0.25, 0.3) is 0 Å². The van der Waals surface area contributed by atoms with Crippen molar-refractivity contribution in [1.29, 1.82) is 0 Å². The van der Waals surface area contributed by atoms with Gasteiger partial charge in [0.25, 0.3) is 0 Å². The molecule has 0 bridgehead atoms. The Hall–Kier alpha value is -0.770. The molecular formula is C8H19NO4P+. The van der Waals surface area contributed by atoms with Gasteiger partial charge in [0.2, 0.25) is 5.91 Å². The van der Waals surface area contributed by atoms with E-state index in [-0.39, 0.29) is 0 Å². The summed E-state index contributed by atoms with van der Waals surface area (Å²) in [6, 6.07) is 0. The van der Waals surface area contributed by atoms with Gasteiger partial charge in [-0.2, -0.15) is 0 Å². The third kappa shape index (κ3) is 113. The maximum Gasteiger partial charge on any atom is 0.692 e. The Labute approximate surface area is 85.6 Å². The van der Waals surface area contributed by atoms with E-state index < -0.39 is 14.2 Å². The Morgan fingerprint density at radius 3 is 1.43 bits per heavy atom. The van der Waals surface area contributed by atoms with Gasteiger partial charge >= 0.3 is 8.25 Å². The molecule has 0 spiro atoms. The van der Waals surface area contributed by atoms with Gasteiger partial charge in [0.15, 0.2) is 0 Å². The highest BCUT2D eigenvalue weighted by Crippen LogP contribution is 1.98. The molecule has 14 heavy (non-hydrogen) atoms. The highest BCUT2D eigenvalue weighted by molar-refractivity contribution is 7.30. The normalized spacial score (nSPS) is 7.64. The lowest BCUT2D eigenvalue weighted by molar-refractivity contribution is -0.114. The van der Waals surface area contributed by atoms with E-state index in [1.54, 1.807) is 6.92 Å². The molecule has 0 saturated carbocycles. The fourth-order valence-electron chi connectivity index (χ4n) is 0. The summed E-state index contributed by atoms with van der Waals surface area (Å²) in [5, 5.41) is 0. The lowest BCUT2D eigenvalue weighted by Crippen LogP contribution is -2.10. The molecule has 0 radical (unpaired) electrons. The first-order valence-corrected chi connectivity index (χ1v) is 5.08. The topological polar surface area (TPSA) is 101 Å². The first kappa shape index (κ1) is 18.9. The van der Waals surface area contributed by atoms with Gasteiger partial charge in [-0.3, -0.25) is 4.79 Å². The van der Waals surface area contributed by atoms with Gasteiger partial charge in [-0.1, -0.05) is 27.4 Å². The fourth-order valence-corrected chi connectivity index (χ4v) is 0. The molecule has 0 aliphatic heterocycles. The zero-order chi connectivity index (χ0) is 12.3. The minimum Gasteiger partial charge on any atom is -0.366 e. The van der Waals surface area contributed by atoms with Crippen LogP contribution in [0.1, 0.15) is 27.7 Å². The molecule has 0 aromatic rings. The van der Waals surface area contributed by atoms with Crippen molar-refractivity contribution < 1.29 is 19.1 Å². The van der Waals surface area contributed by atoms with E-state index >= 15 is 0 Å². The monoisotopic (exact) mass is 224 g/mol. The average molecular weight is 224 g/mol. The van der Waals surface area contributed by atoms with E-state index in [0.717, 1.165) is 5.92 Å². The number of carbonyl (C=O) groups excluding carboxylic acids is 1. The van der Waals surface area contributed by atoms with E-state index in [9.17, 15) is 4.79 Å². The molecule has 6 heteroatoms. The SMILES string of the molecule is C=C(C)C(N)=O.CC(C)C.O=[P+](O)O.